The topological polar surface area (TPSA) is 61.8 Å². The summed E-state index contributed by atoms with van der Waals surface area (Å²) in [6, 6.07) is 6.17. The van der Waals surface area contributed by atoms with Gasteiger partial charge in [0.25, 0.3) is 0 Å². The van der Waals surface area contributed by atoms with Gasteiger partial charge in [0, 0.05) is 13.1 Å². The van der Waals surface area contributed by atoms with Gasteiger partial charge in [-0.3, -0.25) is 4.79 Å². The zero-order valence-electron chi connectivity index (χ0n) is 15.4. The second-order valence-electron chi connectivity index (χ2n) is 7.47. The van der Waals surface area contributed by atoms with E-state index in [1.807, 2.05) is 11.0 Å². The van der Waals surface area contributed by atoms with Gasteiger partial charge in [0.2, 0.25) is 5.91 Å². The first kappa shape index (κ1) is 18.2. The molecule has 5 nitrogen and oxygen atoms in total. The molecule has 1 aromatic carbocycles. The zero-order chi connectivity index (χ0) is 17.9. The molecule has 0 spiro atoms. The lowest BCUT2D eigenvalue weighted by atomic mass is 9.85. The molecule has 0 unspecified atom stereocenters. The molecule has 0 radical (unpaired) electrons. The molecule has 0 saturated heterocycles. The molecule has 1 aliphatic heterocycles. The number of hydrogen-bond acceptors (Lipinski definition) is 4. The number of methoxy groups -OCH3 is 1. The Kier molecular flexibility index (Phi) is 5.64. The van der Waals surface area contributed by atoms with Crippen molar-refractivity contribution in [3.63, 3.8) is 0 Å². The average molecular weight is 346 g/mol. The molecule has 25 heavy (non-hydrogen) atoms. The van der Waals surface area contributed by atoms with Crippen LogP contribution in [0.5, 0.6) is 5.75 Å². The van der Waals surface area contributed by atoms with Crippen molar-refractivity contribution < 1.29 is 14.6 Å². The zero-order valence-corrected chi connectivity index (χ0v) is 15.4. The van der Waals surface area contributed by atoms with Gasteiger partial charge in [-0.15, -0.1) is 0 Å². The van der Waals surface area contributed by atoms with Gasteiger partial charge in [-0.2, -0.15) is 0 Å². The highest BCUT2D eigenvalue weighted by atomic mass is 16.5. The van der Waals surface area contributed by atoms with E-state index in [1.165, 1.54) is 17.5 Å². The average Bonchev–Trinajstić information content (AvgIpc) is 2.62. The van der Waals surface area contributed by atoms with E-state index in [-0.39, 0.29) is 18.5 Å². The summed E-state index contributed by atoms with van der Waals surface area (Å²) in [7, 11) is 1.68. The SMILES string of the molecule is COc1ccc2c(c1)CCN(C(=O)CNCC1(O)CCCCC1)[C@@H]2C. The highest BCUT2D eigenvalue weighted by Crippen LogP contribution is 2.32. The van der Waals surface area contributed by atoms with Gasteiger partial charge >= 0.3 is 0 Å². The predicted molar refractivity (Wildman–Crippen MR) is 97.7 cm³/mol. The Morgan fingerprint density at radius 2 is 2.12 bits per heavy atom. The molecule has 2 aliphatic rings. The minimum atomic E-state index is -0.630. The summed E-state index contributed by atoms with van der Waals surface area (Å²) < 4.78 is 5.30. The van der Waals surface area contributed by atoms with Crippen LogP contribution < -0.4 is 10.1 Å². The van der Waals surface area contributed by atoms with Gasteiger partial charge in [-0.25, -0.2) is 0 Å². The Balaban J connectivity index is 1.55. The smallest absolute Gasteiger partial charge is 0.237 e. The highest BCUT2D eigenvalue weighted by molar-refractivity contribution is 5.79. The highest BCUT2D eigenvalue weighted by Gasteiger charge is 2.30. The van der Waals surface area contributed by atoms with Gasteiger partial charge in [-0.05, 0) is 49.4 Å². The van der Waals surface area contributed by atoms with Gasteiger partial charge in [0.1, 0.15) is 5.75 Å². The molecule has 5 heteroatoms. The first-order valence-electron chi connectivity index (χ1n) is 9.42. The third-order valence-electron chi connectivity index (χ3n) is 5.72. The van der Waals surface area contributed by atoms with Gasteiger partial charge in [-0.1, -0.05) is 25.3 Å². The number of amides is 1. The second kappa shape index (κ2) is 7.75. The Labute approximate surface area is 150 Å². The van der Waals surface area contributed by atoms with Crippen molar-refractivity contribution >= 4 is 5.91 Å². The lowest BCUT2D eigenvalue weighted by Crippen LogP contribution is -2.47. The number of ether oxygens (including phenoxy) is 1. The standard InChI is InChI=1S/C20H30N2O3/c1-15-18-7-6-17(25-2)12-16(18)8-11-22(15)19(23)13-21-14-20(24)9-4-3-5-10-20/h6-7,12,15,21,24H,3-5,8-11,13-14H2,1-2H3/t15-/m1/s1. The Bertz CT molecular complexity index is 611. The monoisotopic (exact) mass is 346 g/mol. The molecule has 0 bridgehead atoms. The number of carbonyl (C=O) groups excluding carboxylic acids is 1. The second-order valence-corrected chi connectivity index (χ2v) is 7.47. The van der Waals surface area contributed by atoms with Crippen molar-refractivity contribution in [2.75, 3.05) is 26.7 Å². The Morgan fingerprint density at radius 1 is 1.36 bits per heavy atom. The van der Waals surface area contributed by atoms with Crippen molar-refractivity contribution in [2.24, 2.45) is 0 Å². The summed E-state index contributed by atoms with van der Waals surface area (Å²) in [4.78, 5) is 14.6. The molecule has 138 valence electrons. The lowest BCUT2D eigenvalue weighted by Gasteiger charge is -2.36. The summed E-state index contributed by atoms with van der Waals surface area (Å²) in [5.41, 5.74) is 1.83. The van der Waals surface area contributed by atoms with E-state index in [9.17, 15) is 9.90 Å². The van der Waals surface area contributed by atoms with Crippen LogP contribution in [0.4, 0.5) is 0 Å². The van der Waals surface area contributed by atoms with E-state index in [0.717, 1.165) is 44.4 Å². The van der Waals surface area contributed by atoms with Crippen LogP contribution in [-0.2, 0) is 11.2 Å². The Hall–Kier alpha value is -1.59. The van der Waals surface area contributed by atoms with Crippen LogP contribution >= 0.6 is 0 Å². The van der Waals surface area contributed by atoms with Gasteiger partial charge in [0.15, 0.2) is 0 Å². The van der Waals surface area contributed by atoms with E-state index in [1.54, 1.807) is 7.11 Å². The van der Waals surface area contributed by atoms with Crippen LogP contribution in [0, 0.1) is 0 Å². The number of nitrogens with zero attached hydrogens (tertiary/aromatic N) is 1. The van der Waals surface area contributed by atoms with Crippen molar-refractivity contribution in [2.45, 2.75) is 57.1 Å². The number of hydrogen-bond donors (Lipinski definition) is 2. The van der Waals surface area contributed by atoms with Gasteiger partial charge < -0.3 is 20.1 Å². The summed E-state index contributed by atoms with van der Waals surface area (Å²) >= 11 is 0. The maximum Gasteiger partial charge on any atom is 0.237 e. The van der Waals surface area contributed by atoms with E-state index in [4.69, 9.17) is 4.74 Å². The molecule has 3 rings (SSSR count). The van der Waals surface area contributed by atoms with Gasteiger partial charge in [0.05, 0.1) is 25.3 Å². The molecular formula is C20H30N2O3. The summed E-state index contributed by atoms with van der Waals surface area (Å²) in [6.45, 7) is 3.61. The fourth-order valence-electron chi connectivity index (χ4n) is 4.17. The van der Waals surface area contributed by atoms with Crippen LogP contribution in [0.1, 0.15) is 56.2 Å². The fraction of sp³-hybridized carbons (Fsp3) is 0.650. The van der Waals surface area contributed by atoms with Crippen LogP contribution in [0.3, 0.4) is 0 Å². The van der Waals surface area contributed by atoms with Crippen molar-refractivity contribution in [1.82, 2.24) is 10.2 Å². The molecule has 2 N–H and O–H groups in total. The number of rotatable bonds is 5. The van der Waals surface area contributed by atoms with Crippen molar-refractivity contribution in [3.8, 4) is 5.75 Å². The summed E-state index contributed by atoms with van der Waals surface area (Å²) in [5.74, 6) is 0.974. The third kappa shape index (κ3) is 4.15. The molecule has 1 aromatic rings. The van der Waals surface area contributed by atoms with Crippen molar-refractivity contribution in [3.05, 3.63) is 29.3 Å². The largest absolute Gasteiger partial charge is 0.497 e. The number of fused-ring (bicyclic) bond motifs is 1. The molecule has 1 aliphatic carbocycles. The third-order valence-corrected chi connectivity index (χ3v) is 5.72. The van der Waals surface area contributed by atoms with Crippen LogP contribution in [0.25, 0.3) is 0 Å². The molecule has 0 aromatic heterocycles. The van der Waals surface area contributed by atoms with E-state index >= 15 is 0 Å². The molecular weight excluding hydrogens is 316 g/mol. The molecule has 1 atom stereocenters. The quantitative estimate of drug-likeness (QED) is 0.860. The van der Waals surface area contributed by atoms with E-state index in [2.05, 4.69) is 24.4 Å². The number of benzene rings is 1. The molecule has 1 fully saturated rings. The van der Waals surface area contributed by atoms with Crippen LogP contribution in [-0.4, -0.2) is 48.3 Å². The summed E-state index contributed by atoms with van der Waals surface area (Å²) in [6.07, 6.45) is 5.89. The molecule has 1 saturated carbocycles. The predicted octanol–water partition coefficient (Wildman–Crippen LogP) is 2.43. The lowest BCUT2D eigenvalue weighted by molar-refractivity contribution is -0.133. The molecule has 1 amide bonds. The number of nitrogens with one attached hydrogen (secondary N) is 1. The number of carbonyl (C=O) groups is 1. The maximum absolute atomic E-state index is 12.6. The molecule has 1 heterocycles. The Morgan fingerprint density at radius 3 is 2.84 bits per heavy atom. The van der Waals surface area contributed by atoms with Crippen LogP contribution in [0.15, 0.2) is 18.2 Å². The van der Waals surface area contributed by atoms with E-state index < -0.39 is 5.60 Å². The van der Waals surface area contributed by atoms with Crippen LogP contribution in [0.2, 0.25) is 0 Å². The number of aliphatic hydroxyl groups is 1. The fourth-order valence-corrected chi connectivity index (χ4v) is 4.17. The van der Waals surface area contributed by atoms with E-state index in [0.29, 0.717) is 6.54 Å². The first-order chi connectivity index (χ1) is 12.0. The normalized spacial score (nSPS) is 22.4. The van der Waals surface area contributed by atoms with Crippen molar-refractivity contribution in [1.29, 1.82) is 0 Å². The minimum absolute atomic E-state index is 0.0710. The maximum atomic E-state index is 12.6. The minimum Gasteiger partial charge on any atom is -0.497 e. The first-order valence-corrected chi connectivity index (χ1v) is 9.42. The summed E-state index contributed by atoms with van der Waals surface area (Å²) in [5, 5.41) is 13.7.